The Morgan fingerprint density at radius 1 is 1.13 bits per heavy atom. The fraction of sp³-hybridized carbons (Fsp3) is 0.273. The fourth-order valence-corrected chi connectivity index (χ4v) is 3.80. The predicted molar refractivity (Wildman–Crippen MR) is 115 cm³/mol. The van der Waals surface area contributed by atoms with Gasteiger partial charge in [-0.25, -0.2) is 14.8 Å². The lowest BCUT2D eigenvalue weighted by Crippen LogP contribution is -2.49. The number of nitrogens with zero attached hydrogens (tertiary/aromatic N) is 5. The Kier molecular flexibility index (Phi) is 4.99. The Hall–Kier alpha value is -3.88. The van der Waals surface area contributed by atoms with Crippen LogP contribution < -0.4 is 10.5 Å². The first-order valence-electron chi connectivity index (χ1n) is 10.2. The SMILES string of the molecule is NC(=Nc1ccccn1)N1CCN(/C=C2/N=C(c3cccc4c3CCO4)OC2=O)CC1. The van der Waals surface area contributed by atoms with Crippen molar-refractivity contribution in [2.45, 2.75) is 6.42 Å². The second-order valence-electron chi connectivity index (χ2n) is 7.38. The van der Waals surface area contributed by atoms with Gasteiger partial charge in [0.2, 0.25) is 5.90 Å². The van der Waals surface area contributed by atoms with E-state index in [0.29, 0.717) is 56.2 Å². The summed E-state index contributed by atoms with van der Waals surface area (Å²) in [6.07, 6.45) is 4.23. The molecule has 1 fully saturated rings. The van der Waals surface area contributed by atoms with Crippen LogP contribution in [0.15, 0.2) is 64.5 Å². The standard InChI is InChI=1S/C22H22N6O3/c23-22(26-19-6-1-2-8-24-19)28-11-9-27(10-12-28)14-17-21(29)31-20(25-17)16-4-3-5-18-15(16)7-13-30-18/h1-6,8,14H,7,9-13H2,(H2,23,24,26)/b17-14+. The van der Waals surface area contributed by atoms with E-state index in [9.17, 15) is 4.79 Å². The van der Waals surface area contributed by atoms with E-state index in [1.165, 1.54) is 0 Å². The van der Waals surface area contributed by atoms with E-state index >= 15 is 0 Å². The number of carbonyl (C=O) groups excluding carboxylic acids is 1. The number of hydrogen-bond donors (Lipinski definition) is 1. The number of esters is 1. The number of aromatic nitrogens is 1. The molecule has 0 radical (unpaired) electrons. The topological polar surface area (TPSA) is 106 Å². The van der Waals surface area contributed by atoms with Crippen LogP contribution in [-0.4, -0.2) is 65.4 Å². The molecule has 158 valence electrons. The molecule has 0 bridgehead atoms. The van der Waals surface area contributed by atoms with Crippen molar-refractivity contribution in [3.8, 4) is 5.75 Å². The van der Waals surface area contributed by atoms with Gasteiger partial charge in [0.05, 0.1) is 6.61 Å². The fourth-order valence-electron chi connectivity index (χ4n) is 3.80. The monoisotopic (exact) mass is 418 g/mol. The zero-order chi connectivity index (χ0) is 21.2. The van der Waals surface area contributed by atoms with E-state index in [4.69, 9.17) is 15.2 Å². The molecule has 2 aromatic rings. The number of ether oxygens (including phenoxy) is 2. The number of cyclic esters (lactones) is 1. The minimum Gasteiger partial charge on any atom is -0.493 e. The number of fused-ring (bicyclic) bond motifs is 1. The molecule has 5 rings (SSSR count). The average molecular weight is 418 g/mol. The molecule has 0 spiro atoms. The molecular formula is C22H22N6O3. The minimum atomic E-state index is -0.440. The van der Waals surface area contributed by atoms with Gasteiger partial charge in [0, 0.05) is 56.1 Å². The Balaban J connectivity index is 1.26. The molecule has 31 heavy (non-hydrogen) atoms. The largest absolute Gasteiger partial charge is 0.493 e. The van der Waals surface area contributed by atoms with E-state index in [-0.39, 0.29) is 0 Å². The second-order valence-corrected chi connectivity index (χ2v) is 7.38. The molecule has 9 nitrogen and oxygen atoms in total. The van der Waals surface area contributed by atoms with Crippen LogP contribution in [-0.2, 0) is 16.0 Å². The van der Waals surface area contributed by atoms with Crippen molar-refractivity contribution in [1.29, 1.82) is 0 Å². The van der Waals surface area contributed by atoms with Gasteiger partial charge < -0.3 is 25.0 Å². The van der Waals surface area contributed by atoms with Gasteiger partial charge in [-0.2, -0.15) is 4.99 Å². The summed E-state index contributed by atoms with van der Waals surface area (Å²) in [5, 5.41) is 0. The number of rotatable bonds is 3. The average Bonchev–Trinajstić information content (AvgIpc) is 3.41. The first-order valence-corrected chi connectivity index (χ1v) is 10.2. The molecule has 3 aliphatic heterocycles. The number of hydrogen-bond acceptors (Lipinski definition) is 7. The van der Waals surface area contributed by atoms with Crippen LogP contribution >= 0.6 is 0 Å². The van der Waals surface area contributed by atoms with Gasteiger partial charge in [0.15, 0.2) is 17.5 Å². The summed E-state index contributed by atoms with van der Waals surface area (Å²) in [6, 6.07) is 11.2. The molecule has 1 saturated heterocycles. The summed E-state index contributed by atoms with van der Waals surface area (Å²) >= 11 is 0. The van der Waals surface area contributed by atoms with Gasteiger partial charge in [0.1, 0.15) is 5.75 Å². The second kappa shape index (κ2) is 8.10. The number of piperazine rings is 1. The van der Waals surface area contributed by atoms with Crippen LogP contribution in [0.25, 0.3) is 0 Å². The molecule has 9 heteroatoms. The third-order valence-corrected chi connectivity index (χ3v) is 5.42. The Morgan fingerprint density at radius 3 is 2.81 bits per heavy atom. The summed E-state index contributed by atoms with van der Waals surface area (Å²) < 4.78 is 11.1. The molecule has 0 amide bonds. The quantitative estimate of drug-likeness (QED) is 0.348. The van der Waals surface area contributed by atoms with Crippen molar-refractivity contribution >= 4 is 23.6 Å². The third-order valence-electron chi connectivity index (χ3n) is 5.42. The zero-order valence-electron chi connectivity index (χ0n) is 16.9. The van der Waals surface area contributed by atoms with Crippen molar-refractivity contribution in [2.24, 2.45) is 15.7 Å². The van der Waals surface area contributed by atoms with Crippen LogP contribution in [0.3, 0.4) is 0 Å². The maximum absolute atomic E-state index is 12.4. The van der Waals surface area contributed by atoms with Crippen LogP contribution in [0.2, 0.25) is 0 Å². The highest BCUT2D eigenvalue weighted by Gasteiger charge is 2.29. The minimum absolute atomic E-state index is 0.301. The Labute approximate surface area is 179 Å². The molecule has 0 unspecified atom stereocenters. The van der Waals surface area contributed by atoms with Gasteiger partial charge in [-0.3, -0.25) is 0 Å². The van der Waals surface area contributed by atoms with Crippen molar-refractivity contribution < 1.29 is 14.3 Å². The van der Waals surface area contributed by atoms with Gasteiger partial charge in [0.25, 0.3) is 0 Å². The van der Waals surface area contributed by atoms with Crippen molar-refractivity contribution in [2.75, 3.05) is 32.8 Å². The molecule has 2 N–H and O–H groups in total. The molecule has 3 aliphatic rings. The number of guanidine groups is 1. The maximum Gasteiger partial charge on any atom is 0.365 e. The summed E-state index contributed by atoms with van der Waals surface area (Å²) in [4.78, 5) is 29.4. The Morgan fingerprint density at radius 2 is 2.00 bits per heavy atom. The summed E-state index contributed by atoms with van der Waals surface area (Å²) in [5.41, 5.74) is 8.28. The zero-order valence-corrected chi connectivity index (χ0v) is 16.9. The summed E-state index contributed by atoms with van der Waals surface area (Å²) in [6.45, 7) is 3.37. The van der Waals surface area contributed by atoms with Crippen LogP contribution in [0, 0.1) is 0 Å². The highest BCUT2D eigenvalue weighted by molar-refractivity contribution is 6.11. The normalized spacial score (nSPS) is 19.9. The van der Waals surface area contributed by atoms with Gasteiger partial charge >= 0.3 is 5.97 Å². The third kappa shape index (κ3) is 3.94. The van der Waals surface area contributed by atoms with E-state index in [2.05, 4.69) is 15.0 Å². The van der Waals surface area contributed by atoms with Gasteiger partial charge in [-0.1, -0.05) is 12.1 Å². The lowest BCUT2D eigenvalue weighted by atomic mass is 10.1. The Bertz CT molecular complexity index is 1090. The van der Waals surface area contributed by atoms with Crippen molar-refractivity contribution in [3.05, 3.63) is 65.6 Å². The number of nitrogens with two attached hydrogens (primary N) is 1. The van der Waals surface area contributed by atoms with Crippen LogP contribution in [0.1, 0.15) is 11.1 Å². The van der Waals surface area contributed by atoms with E-state index in [0.717, 1.165) is 23.3 Å². The van der Waals surface area contributed by atoms with E-state index in [1.807, 2.05) is 46.2 Å². The lowest BCUT2D eigenvalue weighted by Gasteiger charge is -2.34. The molecule has 0 aliphatic carbocycles. The van der Waals surface area contributed by atoms with Crippen LogP contribution in [0.4, 0.5) is 5.82 Å². The van der Waals surface area contributed by atoms with Crippen molar-refractivity contribution in [1.82, 2.24) is 14.8 Å². The number of pyridine rings is 1. The first kappa shape index (κ1) is 19.1. The van der Waals surface area contributed by atoms with Crippen molar-refractivity contribution in [3.63, 3.8) is 0 Å². The number of benzene rings is 1. The predicted octanol–water partition coefficient (Wildman–Crippen LogP) is 1.43. The molecule has 1 aromatic carbocycles. The number of aliphatic imine (C=N–C) groups is 2. The summed E-state index contributed by atoms with van der Waals surface area (Å²) in [5.74, 6) is 1.74. The molecule has 1 aromatic heterocycles. The smallest absolute Gasteiger partial charge is 0.365 e. The first-order chi connectivity index (χ1) is 15.2. The van der Waals surface area contributed by atoms with Gasteiger partial charge in [-0.05, 0) is 24.3 Å². The highest BCUT2D eigenvalue weighted by Crippen LogP contribution is 2.30. The molecule has 4 heterocycles. The van der Waals surface area contributed by atoms with Crippen LogP contribution in [0.5, 0.6) is 5.75 Å². The van der Waals surface area contributed by atoms with E-state index < -0.39 is 5.97 Å². The highest BCUT2D eigenvalue weighted by atomic mass is 16.6. The number of carbonyl (C=O) groups is 1. The van der Waals surface area contributed by atoms with Gasteiger partial charge in [-0.15, -0.1) is 0 Å². The van der Waals surface area contributed by atoms with E-state index in [1.54, 1.807) is 12.4 Å². The molecule has 0 atom stereocenters. The maximum atomic E-state index is 12.4. The molecule has 0 saturated carbocycles. The summed E-state index contributed by atoms with van der Waals surface area (Å²) in [7, 11) is 0. The lowest BCUT2D eigenvalue weighted by molar-refractivity contribution is -0.130. The molecular weight excluding hydrogens is 396 g/mol.